The third-order valence-corrected chi connectivity index (χ3v) is 4.52. The molecule has 3 nitrogen and oxygen atoms in total. The zero-order valence-corrected chi connectivity index (χ0v) is 12.4. The predicted molar refractivity (Wildman–Crippen MR) is 78.7 cm³/mol. The summed E-state index contributed by atoms with van der Waals surface area (Å²) in [6, 6.07) is 7.85. The molecule has 1 fully saturated rings. The number of methoxy groups -OCH3 is 1. The Labute approximate surface area is 119 Å². The first-order valence-corrected chi connectivity index (χ1v) is 7.72. The van der Waals surface area contributed by atoms with Crippen LogP contribution in [0.1, 0.15) is 19.8 Å². The highest BCUT2D eigenvalue weighted by molar-refractivity contribution is 8.00. The van der Waals surface area contributed by atoms with Gasteiger partial charge in [0.05, 0.1) is 12.9 Å². The van der Waals surface area contributed by atoms with Crippen molar-refractivity contribution in [3.05, 3.63) is 24.3 Å². The number of nitrogens with zero attached hydrogens (tertiary/aromatic N) is 1. The van der Waals surface area contributed by atoms with Gasteiger partial charge < -0.3 is 9.64 Å². The molecular formula is C15H21NO2S. The number of carbonyl (C=O) groups is 1. The van der Waals surface area contributed by atoms with Gasteiger partial charge in [0.2, 0.25) is 5.91 Å². The largest absolute Gasteiger partial charge is 0.497 e. The van der Waals surface area contributed by atoms with E-state index in [1.165, 1.54) is 0 Å². The standard InChI is InChI=1S/C15H21NO2S/c1-12-6-8-16(9-7-12)15(17)11-19-14-5-3-4-13(10-14)18-2/h3-5,10,12H,6-9,11H2,1-2H3. The van der Waals surface area contributed by atoms with Crippen LogP contribution in [0.5, 0.6) is 5.75 Å². The fourth-order valence-electron chi connectivity index (χ4n) is 2.19. The van der Waals surface area contributed by atoms with E-state index in [1.54, 1.807) is 18.9 Å². The molecule has 4 heteroatoms. The number of ether oxygens (including phenoxy) is 1. The zero-order chi connectivity index (χ0) is 13.7. The van der Waals surface area contributed by atoms with Crippen molar-refractivity contribution in [2.24, 2.45) is 5.92 Å². The highest BCUT2D eigenvalue weighted by Crippen LogP contribution is 2.24. The summed E-state index contributed by atoms with van der Waals surface area (Å²) in [5, 5.41) is 0. The molecule has 1 amide bonds. The van der Waals surface area contributed by atoms with Crippen molar-refractivity contribution in [3.8, 4) is 5.75 Å². The van der Waals surface area contributed by atoms with Gasteiger partial charge in [-0.2, -0.15) is 0 Å². The van der Waals surface area contributed by atoms with Gasteiger partial charge >= 0.3 is 0 Å². The molecule has 1 aliphatic rings. The Hall–Kier alpha value is -1.16. The van der Waals surface area contributed by atoms with Crippen LogP contribution in [-0.2, 0) is 4.79 Å². The van der Waals surface area contributed by atoms with Crippen LogP contribution in [0.25, 0.3) is 0 Å². The monoisotopic (exact) mass is 279 g/mol. The second-order valence-corrected chi connectivity index (χ2v) is 6.08. The number of benzene rings is 1. The minimum atomic E-state index is 0.250. The number of rotatable bonds is 4. The molecule has 0 spiro atoms. The van der Waals surface area contributed by atoms with Crippen LogP contribution in [0, 0.1) is 5.92 Å². The Balaban J connectivity index is 1.82. The third kappa shape index (κ3) is 4.16. The maximum Gasteiger partial charge on any atom is 0.232 e. The number of carbonyl (C=O) groups excluding carboxylic acids is 1. The SMILES string of the molecule is COc1cccc(SCC(=O)N2CCC(C)CC2)c1. The Morgan fingerprint density at radius 2 is 2.16 bits per heavy atom. The molecule has 19 heavy (non-hydrogen) atoms. The molecule has 1 aliphatic heterocycles. The zero-order valence-electron chi connectivity index (χ0n) is 11.6. The van der Waals surface area contributed by atoms with Crippen LogP contribution >= 0.6 is 11.8 Å². The fraction of sp³-hybridized carbons (Fsp3) is 0.533. The van der Waals surface area contributed by atoms with E-state index < -0.39 is 0 Å². The first-order valence-electron chi connectivity index (χ1n) is 6.73. The number of hydrogen-bond acceptors (Lipinski definition) is 3. The molecule has 0 atom stereocenters. The van der Waals surface area contributed by atoms with Crippen molar-refractivity contribution in [1.82, 2.24) is 4.90 Å². The average molecular weight is 279 g/mol. The summed E-state index contributed by atoms with van der Waals surface area (Å²) >= 11 is 1.58. The van der Waals surface area contributed by atoms with Crippen molar-refractivity contribution in [3.63, 3.8) is 0 Å². The van der Waals surface area contributed by atoms with Gasteiger partial charge in [0.1, 0.15) is 5.75 Å². The van der Waals surface area contributed by atoms with E-state index in [2.05, 4.69) is 6.92 Å². The van der Waals surface area contributed by atoms with Crippen LogP contribution in [0.4, 0.5) is 0 Å². The van der Waals surface area contributed by atoms with Crippen molar-refractivity contribution in [2.45, 2.75) is 24.7 Å². The second-order valence-electron chi connectivity index (χ2n) is 5.03. The van der Waals surface area contributed by atoms with Gasteiger partial charge in [-0.05, 0) is 37.0 Å². The first-order chi connectivity index (χ1) is 9.19. The molecule has 0 aromatic heterocycles. The summed E-state index contributed by atoms with van der Waals surface area (Å²) in [5.41, 5.74) is 0. The molecule has 0 bridgehead atoms. The molecule has 0 N–H and O–H groups in total. The van der Waals surface area contributed by atoms with Crippen molar-refractivity contribution < 1.29 is 9.53 Å². The van der Waals surface area contributed by atoms with Gasteiger partial charge in [-0.3, -0.25) is 4.79 Å². The summed E-state index contributed by atoms with van der Waals surface area (Å²) in [6.07, 6.45) is 2.27. The summed E-state index contributed by atoms with van der Waals surface area (Å²) in [6.45, 7) is 4.09. The van der Waals surface area contributed by atoms with Gasteiger partial charge in [0.25, 0.3) is 0 Å². The minimum absolute atomic E-state index is 0.250. The van der Waals surface area contributed by atoms with E-state index in [0.29, 0.717) is 5.75 Å². The minimum Gasteiger partial charge on any atom is -0.497 e. The molecular weight excluding hydrogens is 258 g/mol. The molecule has 0 radical (unpaired) electrons. The van der Waals surface area contributed by atoms with Gasteiger partial charge in [0, 0.05) is 18.0 Å². The highest BCUT2D eigenvalue weighted by atomic mass is 32.2. The summed E-state index contributed by atoms with van der Waals surface area (Å²) in [4.78, 5) is 15.2. The second kappa shape index (κ2) is 6.85. The van der Waals surface area contributed by atoms with E-state index in [0.717, 1.165) is 42.5 Å². The Bertz CT molecular complexity index is 428. The van der Waals surface area contributed by atoms with E-state index in [9.17, 15) is 4.79 Å². The van der Waals surface area contributed by atoms with Gasteiger partial charge in [-0.1, -0.05) is 13.0 Å². The van der Waals surface area contributed by atoms with E-state index in [1.807, 2.05) is 29.2 Å². The molecule has 1 heterocycles. The van der Waals surface area contributed by atoms with Crippen molar-refractivity contribution in [1.29, 1.82) is 0 Å². The van der Waals surface area contributed by atoms with Crippen LogP contribution < -0.4 is 4.74 Å². The smallest absolute Gasteiger partial charge is 0.232 e. The summed E-state index contributed by atoms with van der Waals surface area (Å²) in [7, 11) is 1.66. The number of likely N-dealkylation sites (tertiary alicyclic amines) is 1. The molecule has 1 aromatic rings. The molecule has 2 rings (SSSR count). The molecule has 104 valence electrons. The third-order valence-electron chi connectivity index (χ3n) is 3.54. The van der Waals surface area contributed by atoms with E-state index in [4.69, 9.17) is 4.74 Å². The summed E-state index contributed by atoms with van der Waals surface area (Å²) < 4.78 is 5.18. The lowest BCUT2D eigenvalue weighted by atomic mass is 9.99. The number of thioether (sulfide) groups is 1. The lowest BCUT2D eigenvalue weighted by Crippen LogP contribution is -2.38. The topological polar surface area (TPSA) is 29.5 Å². The van der Waals surface area contributed by atoms with Crippen LogP contribution in [0.3, 0.4) is 0 Å². The van der Waals surface area contributed by atoms with E-state index in [-0.39, 0.29) is 5.91 Å². The molecule has 0 aliphatic carbocycles. The van der Waals surface area contributed by atoms with Crippen molar-refractivity contribution in [2.75, 3.05) is 26.0 Å². The number of amides is 1. The molecule has 0 saturated carbocycles. The lowest BCUT2D eigenvalue weighted by Gasteiger charge is -2.30. The maximum atomic E-state index is 12.1. The number of hydrogen-bond donors (Lipinski definition) is 0. The highest BCUT2D eigenvalue weighted by Gasteiger charge is 2.20. The lowest BCUT2D eigenvalue weighted by molar-refractivity contribution is -0.129. The predicted octanol–water partition coefficient (Wildman–Crippen LogP) is 3.05. The van der Waals surface area contributed by atoms with Crippen LogP contribution in [-0.4, -0.2) is 36.8 Å². The Morgan fingerprint density at radius 1 is 1.42 bits per heavy atom. The normalized spacial score (nSPS) is 16.4. The fourth-order valence-corrected chi connectivity index (χ4v) is 3.03. The van der Waals surface area contributed by atoms with Crippen LogP contribution in [0.2, 0.25) is 0 Å². The van der Waals surface area contributed by atoms with Gasteiger partial charge in [0.15, 0.2) is 0 Å². The number of piperidine rings is 1. The Kier molecular flexibility index (Phi) is 5.14. The Morgan fingerprint density at radius 3 is 2.84 bits per heavy atom. The van der Waals surface area contributed by atoms with Crippen LogP contribution in [0.15, 0.2) is 29.2 Å². The molecule has 0 unspecified atom stereocenters. The first kappa shape index (κ1) is 14.3. The quantitative estimate of drug-likeness (QED) is 0.793. The molecule has 1 saturated heterocycles. The molecule has 1 aromatic carbocycles. The maximum absolute atomic E-state index is 12.1. The average Bonchev–Trinajstić information content (AvgIpc) is 2.46. The van der Waals surface area contributed by atoms with E-state index >= 15 is 0 Å². The summed E-state index contributed by atoms with van der Waals surface area (Å²) in [5.74, 6) is 2.36. The van der Waals surface area contributed by atoms with Gasteiger partial charge in [-0.25, -0.2) is 0 Å². The van der Waals surface area contributed by atoms with Crippen molar-refractivity contribution >= 4 is 17.7 Å². The van der Waals surface area contributed by atoms with Gasteiger partial charge in [-0.15, -0.1) is 11.8 Å².